The molecule has 0 unspecified atom stereocenters. The molecule has 2 rings (SSSR count). The number of nitrogens with zero attached hydrogens (tertiary/aromatic N) is 8. The number of imide groups is 2. The normalized spacial score (nSPS) is 16.1. The lowest BCUT2D eigenvalue weighted by Crippen LogP contribution is -2.58. The number of halogens is 1. The molecule has 0 aromatic carbocycles. The van der Waals surface area contributed by atoms with Gasteiger partial charge in [-0.25, -0.2) is 49.6 Å². The maximum Gasteiger partial charge on any atom is 0.439 e. The third kappa shape index (κ3) is 15.8. The Morgan fingerprint density at radius 2 is 1.06 bits per heavy atom. The summed E-state index contributed by atoms with van der Waals surface area (Å²) in [5.41, 5.74) is 0.911. The third-order valence-corrected chi connectivity index (χ3v) is 5.11. The molecule has 286 valence electrons. The van der Waals surface area contributed by atoms with Gasteiger partial charge in [-0.3, -0.25) is 0 Å². The summed E-state index contributed by atoms with van der Waals surface area (Å²) in [7, 11) is 0. The highest BCUT2D eigenvalue weighted by molar-refractivity contribution is 6.84. The van der Waals surface area contributed by atoms with Gasteiger partial charge in [-0.15, -0.1) is 10.0 Å². The monoisotopic (exact) mass is 748 g/mol. The Bertz CT molecular complexity index is 1470. The second-order valence-corrected chi connectivity index (χ2v) is 14.7. The van der Waals surface area contributed by atoms with Crippen LogP contribution in [0.1, 0.15) is 83.1 Å². The first kappa shape index (κ1) is 43.6. The maximum absolute atomic E-state index is 12.4. The number of hydrazone groups is 2. The van der Waals surface area contributed by atoms with Crippen molar-refractivity contribution in [3.05, 3.63) is 0 Å². The van der Waals surface area contributed by atoms with Crippen molar-refractivity contribution in [1.82, 2.24) is 30.9 Å². The predicted octanol–water partition coefficient (Wildman–Crippen LogP) is 4.40. The van der Waals surface area contributed by atoms with Crippen molar-refractivity contribution in [2.75, 3.05) is 13.1 Å². The summed E-state index contributed by atoms with van der Waals surface area (Å²) in [6.07, 6.45) is -3.05. The minimum Gasteiger partial charge on any atom is -0.443 e. The number of hydrazine groups is 2. The smallest absolute Gasteiger partial charge is 0.439 e. The Morgan fingerprint density at radius 3 is 1.41 bits per heavy atom. The fourth-order valence-electron chi connectivity index (χ4n) is 3.22. The number of amides is 8. The van der Waals surface area contributed by atoms with Gasteiger partial charge in [0.25, 0.3) is 0 Å². The molecule has 0 saturated carbocycles. The van der Waals surface area contributed by atoms with Gasteiger partial charge in [-0.2, -0.15) is 10.2 Å². The van der Waals surface area contributed by atoms with Crippen LogP contribution in [0.4, 0.5) is 28.8 Å². The lowest BCUT2D eigenvalue weighted by atomic mass is 10.2. The summed E-state index contributed by atoms with van der Waals surface area (Å²) < 4.78 is 20.3. The zero-order valence-electron chi connectivity index (χ0n) is 30.4. The van der Waals surface area contributed by atoms with Crippen LogP contribution < -0.4 is 10.9 Å². The first-order valence-corrected chi connectivity index (χ1v) is 15.3. The number of rotatable bonds is 4. The van der Waals surface area contributed by atoms with E-state index in [1.165, 1.54) is 0 Å². The highest BCUT2D eigenvalue weighted by atomic mass is 35.5. The average Bonchev–Trinajstić information content (AvgIpc) is 2.91. The molecule has 8 amide bonds. The number of nitrogens with one attached hydrogen (secondary N) is 2. The number of carbonyl (C=O) groups is 6. The summed E-state index contributed by atoms with van der Waals surface area (Å²) in [6, 6.07) is -1.95. The SMILES string of the molecule is CC(C)(C)OC(=O)NN1CC(/C(Cl)=N/O)=NN(C(=O)OC(C)(C)C)C1=O.CC(C)(C)OC(=O)NN1CC(/C=N/O)=NN(C(=O)OC(C)(C)C)C1=O. The van der Waals surface area contributed by atoms with Crippen LogP contribution in [0, 0.1) is 0 Å². The van der Waals surface area contributed by atoms with Crippen LogP contribution in [0.2, 0.25) is 0 Å². The molecular formula is C28H45ClN10O12. The van der Waals surface area contributed by atoms with E-state index in [0.717, 1.165) is 16.2 Å². The van der Waals surface area contributed by atoms with Crippen LogP contribution in [-0.4, -0.2) is 125 Å². The van der Waals surface area contributed by atoms with Gasteiger partial charge in [0.15, 0.2) is 5.17 Å². The molecule has 2 aliphatic rings. The molecule has 0 fully saturated rings. The van der Waals surface area contributed by atoms with Crippen molar-refractivity contribution in [2.24, 2.45) is 20.5 Å². The molecule has 0 aromatic heterocycles. The van der Waals surface area contributed by atoms with Gasteiger partial charge >= 0.3 is 36.4 Å². The van der Waals surface area contributed by atoms with Gasteiger partial charge in [0.05, 0.1) is 19.3 Å². The lowest BCUT2D eigenvalue weighted by Gasteiger charge is -2.32. The van der Waals surface area contributed by atoms with Gasteiger partial charge in [-0.1, -0.05) is 21.9 Å². The molecule has 51 heavy (non-hydrogen) atoms. The molecule has 0 aromatic rings. The second kappa shape index (κ2) is 17.0. The van der Waals surface area contributed by atoms with Crippen molar-refractivity contribution in [1.29, 1.82) is 0 Å². The lowest BCUT2D eigenvalue weighted by molar-refractivity contribution is 0.0191. The molecule has 2 aliphatic heterocycles. The summed E-state index contributed by atoms with van der Waals surface area (Å²) in [6.45, 7) is 19.0. The van der Waals surface area contributed by atoms with E-state index in [-0.39, 0.29) is 24.5 Å². The number of oxime groups is 2. The van der Waals surface area contributed by atoms with Gasteiger partial charge in [0.1, 0.15) is 33.8 Å². The number of ether oxygens (including phenoxy) is 4. The van der Waals surface area contributed by atoms with Crippen molar-refractivity contribution in [3.63, 3.8) is 0 Å². The number of hydrogen-bond acceptors (Lipinski definition) is 16. The van der Waals surface area contributed by atoms with Crippen LogP contribution in [-0.2, 0) is 18.9 Å². The van der Waals surface area contributed by atoms with E-state index in [4.69, 9.17) is 41.0 Å². The Labute approximate surface area is 298 Å². The molecule has 0 radical (unpaired) electrons. The summed E-state index contributed by atoms with van der Waals surface area (Å²) >= 11 is 5.71. The largest absolute Gasteiger partial charge is 0.443 e. The quantitative estimate of drug-likeness (QED) is 0.135. The number of carbonyl (C=O) groups excluding carboxylic acids is 6. The number of urea groups is 2. The van der Waals surface area contributed by atoms with Crippen LogP contribution >= 0.6 is 11.6 Å². The van der Waals surface area contributed by atoms with E-state index in [0.29, 0.717) is 10.0 Å². The predicted molar refractivity (Wildman–Crippen MR) is 179 cm³/mol. The van der Waals surface area contributed by atoms with E-state index in [2.05, 4.69) is 31.4 Å². The Morgan fingerprint density at radius 1 is 0.686 bits per heavy atom. The van der Waals surface area contributed by atoms with Gasteiger partial charge in [0.2, 0.25) is 0 Å². The average molecular weight is 749 g/mol. The molecule has 4 N–H and O–H groups in total. The molecule has 0 aliphatic carbocycles. The van der Waals surface area contributed by atoms with E-state index in [1.807, 2.05) is 0 Å². The topological polar surface area (TPSA) is 266 Å². The molecule has 0 spiro atoms. The van der Waals surface area contributed by atoms with Gasteiger partial charge < -0.3 is 29.4 Å². The van der Waals surface area contributed by atoms with E-state index in [9.17, 15) is 28.8 Å². The molecule has 2 heterocycles. The summed E-state index contributed by atoms with van der Waals surface area (Å²) in [5.74, 6) is 0. The van der Waals surface area contributed by atoms with Crippen LogP contribution in [0.3, 0.4) is 0 Å². The van der Waals surface area contributed by atoms with Crippen molar-refractivity contribution in [3.8, 4) is 0 Å². The molecule has 23 heteroatoms. The van der Waals surface area contributed by atoms with Gasteiger partial charge in [-0.05, 0) is 83.1 Å². The van der Waals surface area contributed by atoms with E-state index >= 15 is 0 Å². The van der Waals surface area contributed by atoms with Crippen LogP contribution in [0.5, 0.6) is 0 Å². The Hall–Kier alpha value is -5.41. The standard InChI is InChI=1S/C14H22ClN5O6.C14H23N5O6/c1-13(2,3)25-10(21)17-19-7-8(9(15)18-24)16-20(11(19)22)12(23)26-14(4,5)6;1-13(2,3)24-10(20)17-18-8-9(7-15-23)16-19(11(18)21)12(22)25-14(4,5)6/h24H,7H2,1-6H3,(H,17,21);7,23H,8H2,1-6H3,(H,17,20)/b18-9-;15-7+. The molecule has 0 atom stereocenters. The summed E-state index contributed by atoms with van der Waals surface area (Å²) in [4.78, 5) is 72.9. The van der Waals surface area contributed by atoms with Gasteiger partial charge in [0, 0.05) is 0 Å². The zero-order chi connectivity index (χ0) is 39.7. The Balaban J connectivity index is 0.000000510. The first-order valence-electron chi connectivity index (χ1n) is 14.9. The fraction of sp³-hybridized carbons (Fsp3) is 0.643. The molecule has 0 bridgehead atoms. The highest BCUT2D eigenvalue weighted by Crippen LogP contribution is 2.17. The molecule has 0 saturated heterocycles. The Kier molecular flexibility index (Phi) is 14.5. The highest BCUT2D eigenvalue weighted by Gasteiger charge is 2.39. The number of hydrogen-bond donors (Lipinski definition) is 4. The van der Waals surface area contributed by atoms with Crippen molar-refractivity contribution < 1.29 is 58.1 Å². The van der Waals surface area contributed by atoms with Crippen LogP contribution in [0.25, 0.3) is 0 Å². The van der Waals surface area contributed by atoms with Crippen LogP contribution in [0.15, 0.2) is 20.5 Å². The van der Waals surface area contributed by atoms with E-state index < -0.39 is 64.0 Å². The van der Waals surface area contributed by atoms with Crippen molar-refractivity contribution in [2.45, 2.75) is 105 Å². The molecular weight excluding hydrogens is 704 g/mol. The third-order valence-electron chi connectivity index (χ3n) is 4.82. The second-order valence-electron chi connectivity index (χ2n) is 14.3. The zero-order valence-corrected chi connectivity index (χ0v) is 31.2. The minimum atomic E-state index is -1.10. The maximum atomic E-state index is 12.4. The fourth-order valence-corrected chi connectivity index (χ4v) is 3.31. The van der Waals surface area contributed by atoms with E-state index in [1.54, 1.807) is 83.1 Å². The summed E-state index contributed by atoms with van der Waals surface area (Å²) in [5, 5.41) is 32.3. The minimum absolute atomic E-state index is 0.0315. The first-order chi connectivity index (χ1) is 23.1. The molecule has 22 nitrogen and oxygen atoms in total. The van der Waals surface area contributed by atoms with Crippen molar-refractivity contribution >= 4 is 70.8 Å².